The monoisotopic (exact) mass is 404 g/mol. The standard InChI is InChI=1S/C21H23FNO4S/c22-17-4-1-3-15(11-17)14-26-21(25)27-19-13-23(8-6-16(19)7-9-23)12-18(24)20-5-2-10-28-20/h1-5,10-11,16,19H,6-9,12-14H2/q+1. The number of rotatable bonds is 6. The Balaban J connectivity index is 1.33. The van der Waals surface area contributed by atoms with Gasteiger partial charge in [0.2, 0.25) is 5.78 Å². The molecule has 28 heavy (non-hydrogen) atoms. The van der Waals surface area contributed by atoms with Gasteiger partial charge in [0.25, 0.3) is 0 Å². The number of carbonyl (C=O) groups excluding carboxylic acids is 2. The molecule has 0 saturated carbocycles. The highest BCUT2D eigenvalue weighted by atomic mass is 32.1. The van der Waals surface area contributed by atoms with Gasteiger partial charge < -0.3 is 14.0 Å². The first-order valence-electron chi connectivity index (χ1n) is 9.53. The van der Waals surface area contributed by atoms with Gasteiger partial charge in [-0.2, -0.15) is 0 Å². The third-order valence-corrected chi connectivity index (χ3v) is 6.72. The van der Waals surface area contributed by atoms with Crippen molar-refractivity contribution in [2.45, 2.75) is 25.6 Å². The van der Waals surface area contributed by atoms with Crippen molar-refractivity contribution in [2.75, 3.05) is 26.2 Å². The number of Topliss-reactive ketones (excluding diaryl/α,β-unsaturated/α-hetero) is 1. The molecular weight excluding hydrogens is 381 g/mol. The highest BCUT2D eigenvalue weighted by molar-refractivity contribution is 7.12. The topological polar surface area (TPSA) is 52.6 Å². The minimum absolute atomic E-state index is 0.0230. The van der Waals surface area contributed by atoms with Crippen molar-refractivity contribution in [1.82, 2.24) is 0 Å². The van der Waals surface area contributed by atoms with Crippen molar-refractivity contribution < 1.29 is 27.9 Å². The Morgan fingerprint density at radius 1 is 1.18 bits per heavy atom. The zero-order chi connectivity index (χ0) is 19.6. The van der Waals surface area contributed by atoms with Crippen LogP contribution in [0.1, 0.15) is 28.1 Å². The van der Waals surface area contributed by atoms with Crippen molar-refractivity contribution in [3.63, 3.8) is 0 Å². The highest BCUT2D eigenvalue weighted by Gasteiger charge is 2.48. The van der Waals surface area contributed by atoms with Crippen molar-refractivity contribution in [2.24, 2.45) is 5.92 Å². The van der Waals surface area contributed by atoms with E-state index in [1.807, 2.05) is 17.5 Å². The molecule has 3 aliphatic rings. The van der Waals surface area contributed by atoms with Gasteiger partial charge in [0.15, 0.2) is 6.10 Å². The first-order chi connectivity index (χ1) is 13.5. The average molecular weight is 404 g/mol. The van der Waals surface area contributed by atoms with Crippen LogP contribution in [-0.2, 0) is 16.1 Å². The molecule has 3 fully saturated rings. The number of hydrogen-bond acceptors (Lipinski definition) is 5. The molecule has 1 atom stereocenters. The molecular formula is C21H23FNO4S+. The van der Waals surface area contributed by atoms with E-state index >= 15 is 0 Å². The first-order valence-corrected chi connectivity index (χ1v) is 10.4. The second kappa shape index (κ2) is 8.01. The van der Waals surface area contributed by atoms with E-state index in [4.69, 9.17) is 9.47 Å². The predicted octanol–water partition coefficient (Wildman–Crippen LogP) is 4.03. The molecule has 0 aliphatic carbocycles. The van der Waals surface area contributed by atoms with Crippen LogP contribution < -0.4 is 0 Å². The van der Waals surface area contributed by atoms with E-state index in [2.05, 4.69) is 0 Å². The van der Waals surface area contributed by atoms with E-state index in [0.717, 1.165) is 30.8 Å². The Morgan fingerprint density at radius 3 is 2.71 bits per heavy atom. The van der Waals surface area contributed by atoms with Gasteiger partial charge >= 0.3 is 6.16 Å². The molecule has 7 heteroatoms. The minimum Gasteiger partial charge on any atom is -0.429 e. The molecule has 1 unspecified atom stereocenters. The zero-order valence-corrected chi connectivity index (χ0v) is 16.3. The molecule has 0 spiro atoms. The van der Waals surface area contributed by atoms with Gasteiger partial charge in [0, 0.05) is 18.8 Å². The lowest BCUT2D eigenvalue weighted by Crippen LogP contribution is -2.65. The van der Waals surface area contributed by atoms with Crippen LogP contribution >= 0.6 is 11.3 Å². The minimum atomic E-state index is -0.731. The molecule has 148 valence electrons. The fourth-order valence-corrected chi connectivity index (χ4v) is 4.98. The Labute approximate surface area is 167 Å². The molecule has 0 radical (unpaired) electrons. The van der Waals surface area contributed by atoms with Crippen molar-refractivity contribution in [1.29, 1.82) is 0 Å². The summed E-state index contributed by atoms with van der Waals surface area (Å²) in [7, 11) is 0. The summed E-state index contributed by atoms with van der Waals surface area (Å²) in [5, 5.41) is 1.91. The lowest BCUT2D eigenvalue weighted by atomic mass is 9.83. The number of nitrogens with zero attached hydrogens (tertiary/aromatic N) is 1. The molecule has 0 N–H and O–H groups in total. The first kappa shape index (κ1) is 19.1. The maximum Gasteiger partial charge on any atom is 0.509 e. The lowest BCUT2D eigenvalue weighted by molar-refractivity contribution is -0.938. The number of benzene rings is 1. The number of fused-ring (bicyclic) bond motifs is 3. The van der Waals surface area contributed by atoms with E-state index < -0.39 is 6.16 Å². The number of ether oxygens (including phenoxy) is 2. The largest absolute Gasteiger partial charge is 0.509 e. The number of piperidine rings is 3. The lowest BCUT2D eigenvalue weighted by Gasteiger charge is -2.51. The normalized spacial score (nSPS) is 26.0. The summed E-state index contributed by atoms with van der Waals surface area (Å²) >= 11 is 1.47. The van der Waals surface area contributed by atoms with Gasteiger partial charge in [0.1, 0.15) is 25.5 Å². The van der Waals surface area contributed by atoms with Gasteiger partial charge in [0.05, 0.1) is 18.0 Å². The number of halogens is 1. The SMILES string of the molecule is O=C(OCc1cccc(F)c1)OC1C[N+]2(CC(=O)c3cccs3)CCC1CC2. The fourth-order valence-electron chi connectivity index (χ4n) is 4.32. The quantitative estimate of drug-likeness (QED) is 0.414. The van der Waals surface area contributed by atoms with E-state index in [1.54, 1.807) is 12.1 Å². The third-order valence-electron chi connectivity index (χ3n) is 5.81. The van der Waals surface area contributed by atoms with Gasteiger partial charge in [-0.3, -0.25) is 4.79 Å². The van der Waals surface area contributed by atoms with Crippen molar-refractivity contribution in [3.8, 4) is 0 Å². The maximum absolute atomic E-state index is 13.2. The van der Waals surface area contributed by atoms with Gasteiger partial charge in [-0.05, 0) is 29.1 Å². The number of hydrogen-bond donors (Lipinski definition) is 0. The summed E-state index contributed by atoms with van der Waals surface area (Å²) in [5.41, 5.74) is 0.580. The molecule has 5 nitrogen and oxygen atoms in total. The summed E-state index contributed by atoms with van der Waals surface area (Å²) < 4.78 is 24.7. The average Bonchev–Trinajstić information content (AvgIpc) is 3.22. The summed E-state index contributed by atoms with van der Waals surface area (Å²) in [6.07, 6.45) is 0.920. The van der Waals surface area contributed by atoms with Crippen LogP contribution in [0.5, 0.6) is 0 Å². The molecule has 3 aliphatic heterocycles. The van der Waals surface area contributed by atoms with Crippen LogP contribution in [0.15, 0.2) is 41.8 Å². The number of thiophene rings is 1. The third kappa shape index (κ3) is 4.25. The molecule has 2 bridgehead atoms. The maximum atomic E-state index is 13.2. The Morgan fingerprint density at radius 2 is 2.00 bits per heavy atom. The highest BCUT2D eigenvalue weighted by Crippen LogP contribution is 2.36. The van der Waals surface area contributed by atoms with Gasteiger partial charge in [-0.25, -0.2) is 9.18 Å². The molecule has 3 saturated heterocycles. The van der Waals surface area contributed by atoms with E-state index in [9.17, 15) is 14.0 Å². The van der Waals surface area contributed by atoms with Crippen LogP contribution in [0.4, 0.5) is 9.18 Å². The van der Waals surface area contributed by atoms with Crippen LogP contribution in [0.3, 0.4) is 0 Å². The second-order valence-corrected chi connectivity index (χ2v) is 8.64. The summed E-state index contributed by atoms with van der Waals surface area (Å²) in [6.45, 7) is 2.97. The van der Waals surface area contributed by atoms with E-state index in [1.165, 1.54) is 23.5 Å². The van der Waals surface area contributed by atoms with Gasteiger partial charge in [-0.15, -0.1) is 11.3 Å². The predicted molar refractivity (Wildman–Crippen MR) is 103 cm³/mol. The number of ketones is 1. The van der Waals surface area contributed by atoms with Crippen LogP contribution in [0.25, 0.3) is 0 Å². The molecule has 5 rings (SSSR count). The van der Waals surface area contributed by atoms with Crippen molar-refractivity contribution >= 4 is 23.3 Å². The van der Waals surface area contributed by atoms with Gasteiger partial charge in [-0.1, -0.05) is 18.2 Å². The molecule has 4 heterocycles. The number of quaternary nitrogens is 1. The summed E-state index contributed by atoms with van der Waals surface area (Å²) in [6, 6.07) is 9.69. The van der Waals surface area contributed by atoms with Crippen molar-refractivity contribution in [3.05, 3.63) is 58.0 Å². The Bertz CT molecular complexity index is 846. The fraction of sp³-hybridized carbons (Fsp3) is 0.429. The van der Waals surface area contributed by atoms with E-state index in [-0.39, 0.29) is 24.3 Å². The Hall–Kier alpha value is -2.25. The van der Waals surface area contributed by atoms with Crippen LogP contribution in [0.2, 0.25) is 0 Å². The molecule has 1 aromatic carbocycles. The van der Waals surface area contributed by atoms with Crippen LogP contribution in [0, 0.1) is 11.7 Å². The zero-order valence-electron chi connectivity index (χ0n) is 15.5. The summed E-state index contributed by atoms with van der Waals surface area (Å²) in [5.74, 6) is 0.107. The summed E-state index contributed by atoms with van der Waals surface area (Å²) in [4.78, 5) is 25.5. The molecule has 1 aromatic heterocycles. The molecule has 0 amide bonds. The van der Waals surface area contributed by atoms with E-state index in [0.29, 0.717) is 29.1 Å². The second-order valence-electron chi connectivity index (χ2n) is 7.69. The Kier molecular flexibility index (Phi) is 5.46. The smallest absolute Gasteiger partial charge is 0.429 e. The van der Waals surface area contributed by atoms with Crippen LogP contribution in [-0.4, -0.2) is 48.7 Å². The number of carbonyl (C=O) groups is 2. The molecule has 2 aromatic rings.